The Morgan fingerprint density at radius 2 is 1.08 bits per heavy atom. The number of benzene rings is 2. The smallest absolute Gasteiger partial charge is 0.223 e. The van der Waals surface area contributed by atoms with Crippen LogP contribution in [0.1, 0.15) is 85.0 Å². The van der Waals surface area contributed by atoms with E-state index in [1.165, 1.54) is 28.5 Å². The summed E-state index contributed by atoms with van der Waals surface area (Å²) in [6.45, 7) is 0. The highest BCUT2D eigenvalue weighted by atomic mass is 35.5. The van der Waals surface area contributed by atoms with Crippen molar-refractivity contribution in [1.82, 2.24) is 19.9 Å². The second-order valence-corrected chi connectivity index (χ2v) is 14.9. The molecule has 2 fully saturated rings. The van der Waals surface area contributed by atoms with Gasteiger partial charge in [-0.15, -0.1) is 0 Å². The normalized spacial score (nSPS) is 21.3. The van der Waals surface area contributed by atoms with E-state index in [2.05, 4.69) is 82.6 Å². The van der Waals surface area contributed by atoms with Gasteiger partial charge in [-0.05, 0) is 107 Å². The molecule has 9 nitrogen and oxygen atoms in total. The predicted molar refractivity (Wildman–Crippen MR) is 218 cm³/mol. The molecule has 0 amide bonds. The van der Waals surface area contributed by atoms with Gasteiger partial charge in [-0.3, -0.25) is 4.74 Å². The van der Waals surface area contributed by atoms with E-state index in [1.54, 1.807) is 13.2 Å². The fourth-order valence-corrected chi connectivity index (χ4v) is 7.28. The first-order valence-electron chi connectivity index (χ1n) is 17.7. The van der Waals surface area contributed by atoms with Crippen molar-refractivity contribution >= 4 is 60.9 Å². The molecule has 2 saturated carbocycles. The first-order chi connectivity index (χ1) is 25.2. The molecule has 0 aliphatic heterocycles. The lowest BCUT2D eigenvalue weighted by atomic mass is 9.92. The monoisotopic (exact) mass is 777 g/mol. The van der Waals surface area contributed by atoms with Crippen molar-refractivity contribution in [2.75, 3.05) is 12.4 Å². The Bertz CT molecular complexity index is 1860. The summed E-state index contributed by atoms with van der Waals surface area (Å²) in [6.07, 6.45) is 18.1. The van der Waals surface area contributed by atoms with Gasteiger partial charge in [0.25, 0.3) is 0 Å². The maximum absolute atomic E-state index is 6.39. The fourth-order valence-electron chi connectivity index (χ4n) is 6.77. The molecule has 0 atom stereocenters. The fraction of sp³-hybridized carbons (Fsp3) is 0.385. The Kier molecular flexibility index (Phi) is 15.1. The molecule has 0 bridgehead atoms. The molecular weight excluding hydrogens is 732 g/mol. The minimum atomic E-state index is 0.217. The Balaban J connectivity index is 0.000000161. The largest absolute Gasteiger partial charge is 0.351 e. The third-order valence-electron chi connectivity index (χ3n) is 9.56. The molecule has 2 heterocycles. The quantitative estimate of drug-likeness (QED) is 0.119. The van der Waals surface area contributed by atoms with Gasteiger partial charge in [-0.25, -0.2) is 19.9 Å². The van der Waals surface area contributed by atoms with E-state index in [4.69, 9.17) is 57.0 Å². The summed E-state index contributed by atoms with van der Waals surface area (Å²) in [5, 5.41) is 4.79. The lowest BCUT2D eigenvalue weighted by Crippen LogP contribution is -2.33. The Morgan fingerprint density at radius 1 is 0.654 bits per heavy atom. The maximum Gasteiger partial charge on any atom is 0.223 e. The number of fused-ring (bicyclic) bond motifs is 2. The summed E-state index contributed by atoms with van der Waals surface area (Å²) in [4.78, 5) is 17.1. The molecule has 8 rings (SSSR count). The van der Waals surface area contributed by atoms with Crippen molar-refractivity contribution in [3.8, 4) is 0 Å². The van der Waals surface area contributed by atoms with Crippen LogP contribution in [0.5, 0.6) is 0 Å². The number of nitrogens with one attached hydrogen (secondary N) is 1. The van der Waals surface area contributed by atoms with Gasteiger partial charge in [0.15, 0.2) is 0 Å². The van der Waals surface area contributed by atoms with E-state index in [-0.39, 0.29) is 5.28 Å². The van der Waals surface area contributed by atoms with Gasteiger partial charge in [0.2, 0.25) is 11.2 Å². The summed E-state index contributed by atoms with van der Waals surface area (Å²) in [5.41, 5.74) is 25.9. The number of rotatable bonds is 4. The lowest BCUT2D eigenvalue weighted by Gasteiger charge is -2.26. The molecule has 4 aromatic rings. The van der Waals surface area contributed by atoms with Crippen molar-refractivity contribution in [3.05, 3.63) is 122 Å². The van der Waals surface area contributed by atoms with E-state index in [1.807, 2.05) is 12.1 Å². The molecule has 0 radical (unpaired) electrons. The van der Waals surface area contributed by atoms with Crippen LogP contribution in [0, 0.1) is 0 Å². The number of nitrogens with zero attached hydrogens (tertiary/aromatic N) is 5. The summed E-state index contributed by atoms with van der Waals surface area (Å²) < 4.78 is 3.31. The van der Waals surface area contributed by atoms with Crippen LogP contribution in [0.4, 0.5) is 5.95 Å². The molecule has 4 aliphatic rings. The number of hydrogen-bond acceptors (Lipinski definition) is 9. The van der Waals surface area contributed by atoms with E-state index in [9.17, 15) is 0 Å². The Hall–Kier alpha value is -3.27. The van der Waals surface area contributed by atoms with Crippen molar-refractivity contribution in [3.63, 3.8) is 0 Å². The number of anilines is 1. The standard InChI is InChI=1S/C19H21ClN4.C13H8Cl2N2.C6H14N2.CH4NP/c20-17-11-22-19(23-14-8-6-13(21)7-9-14)24-18(17)16-10-5-12-3-1-2-4-15(12)16;14-11-7-16-13(15)17-12(11)10-6-5-8-3-1-2-4-9(8)10;7-5-1-2-6(8)4-3-5;1-2-3/h1-4,10-11,13-14H,5-9,21H2,(H,22,23,24);1-4,6-7H,5H2;5-6H,1-4,7-8H2;3H,1H3. The molecule has 0 saturated heterocycles. The molecule has 2 aromatic heterocycles. The van der Waals surface area contributed by atoms with Gasteiger partial charge < -0.3 is 22.5 Å². The number of hydrogen-bond donors (Lipinski definition) is 4. The Labute approximate surface area is 324 Å². The molecule has 0 spiro atoms. The van der Waals surface area contributed by atoms with Crippen LogP contribution in [-0.2, 0) is 12.8 Å². The number of aromatic nitrogens is 4. The van der Waals surface area contributed by atoms with Crippen LogP contribution in [0.15, 0.2) is 77.8 Å². The number of halogens is 3. The van der Waals surface area contributed by atoms with Gasteiger partial charge in [0.05, 0.1) is 33.8 Å². The SMILES string of the molecule is CN=P.Clc1ncc(Cl)c(C2=CCc3ccccc32)n1.NC1CCC(N)CC1.NC1CCC(Nc2ncc(Cl)c(C3=CCc4ccccc43)n2)CC1. The summed E-state index contributed by atoms with van der Waals surface area (Å²) >= 11 is 18.3. The van der Waals surface area contributed by atoms with E-state index < -0.39 is 0 Å². The average Bonchev–Trinajstić information content (AvgIpc) is 3.78. The zero-order valence-corrected chi connectivity index (χ0v) is 32.7. The lowest BCUT2D eigenvalue weighted by molar-refractivity contribution is 0.395. The molecule has 4 aliphatic carbocycles. The zero-order valence-electron chi connectivity index (χ0n) is 29.4. The molecule has 274 valence electrons. The van der Waals surface area contributed by atoms with E-state index in [0.29, 0.717) is 45.9 Å². The first kappa shape index (κ1) is 39.9. The van der Waals surface area contributed by atoms with Gasteiger partial charge >= 0.3 is 0 Å². The van der Waals surface area contributed by atoms with Crippen LogP contribution < -0.4 is 22.5 Å². The summed E-state index contributed by atoms with van der Waals surface area (Å²) in [5.74, 6) is 0.653. The summed E-state index contributed by atoms with van der Waals surface area (Å²) in [7, 11) is 4.47. The minimum absolute atomic E-state index is 0.217. The Morgan fingerprint density at radius 3 is 1.58 bits per heavy atom. The highest BCUT2D eigenvalue weighted by Crippen LogP contribution is 2.36. The topological polar surface area (TPSA) is 154 Å². The molecule has 7 N–H and O–H groups in total. The third-order valence-corrected chi connectivity index (χ3v) is 10.3. The molecule has 0 unspecified atom stereocenters. The van der Waals surface area contributed by atoms with Crippen LogP contribution in [0.2, 0.25) is 15.3 Å². The van der Waals surface area contributed by atoms with E-state index >= 15 is 0 Å². The molecule has 52 heavy (non-hydrogen) atoms. The highest BCUT2D eigenvalue weighted by molar-refractivity contribution is 7.03. The van der Waals surface area contributed by atoms with Crippen molar-refractivity contribution in [2.24, 2.45) is 21.9 Å². The summed E-state index contributed by atoms with van der Waals surface area (Å²) in [6, 6.07) is 18.2. The van der Waals surface area contributed by atoms with Crippen LogP contribution in [0.25, 0.3) is 11.1 Å². The molecule has 2 aromatic carbocycles. The second kappa shape index (κ2) is 19.7. The van der Waals surface area contributed by atoms with E-state index in [0.717, 1.165) is 81.0 Å². The first-order valence-corrected chi connectivity index (χ1v) is 19.3. The molecular formula is C39H47Cl3N9P. The van der Waals surface area contributed by atoms with Crippen LogP contribution in [-0.4, -0.2) is 51.2 Å². The van der Waals surface area contributed by atoms with Crippen LogP contribution in [0.3, 0.4) is 0 Å². The maximum atomic E-state index is 6.39. The minimum Gasteiger partial charge on any atom is -0.351 e. The van der Waals surface area contributed by atoms with Crippen molar-refractivity contribution in [2.45, 2.75) is 88.4 Å². The van der Waals surface area contributed by atoms with Gasteiger partial charge in [0.1, 0.15) is 0 Å². The molecule has 13 heteroatoms. The van der Waals surface area contributed by atoms with Crippen LogP contribution >= 0.6 is 43.8 Å². The number of nitrogens with two attached hydrogens (primary N) is 3. The zero-order chi connectivity index (χ0) is 37.0. The second-order valence-electron chi connectivity index (χ2n) is 13.3. The highest BCUT2D eigenvalue weighted by Gasteiger charge is 2.23. The van der Waals surface area contributed by atoms with Gasteiger partial charge in [-0.2, -0.15) is 0 Å². The van der Waals surface area contributed by atoms with Crippen molar-refractivity contribution < 1.29 is 0 Å². The van der Waals surface area contributed by atoms with Gasteiger partial charge in [-0.1, -0.05) is 83.9 Å². The third kappa shape index (κ3) is 10.9. The van der Waals surface area contributed by atoms with Gasteiger partial charge in [0, 0.05) is 42.4 Å². The van der Waals surface area contributed by atoms with Crippen molar-refractivity contribution in [1.29, 1.82) is 0 Å². The average molecular weight is 779 g/mol. The predicted octanol–water partition coefficient (Wildman–Crippen LogP) is 8.73. The number of allylic oxidation sites excluding steroid dienone is 2.